The van der Waals surface area contributed by atoms with Gasteiger partial charge in [-0.05, 0) is 42.9 Å². The van der Waals surface area contributed by atoms with Crippen molar-refractivity contribution in [1.82, 2.24) is 4.90 Å². The van der Waals surface area contributed by atoms with Crippen LogP contribution in [0, 0.1) is 11.8 Å². The van der Waals surface area contributed by atoms with Gasteiger partial charge < -0.3 is 4.90 Å². The molecule has 0 spiro atoms. The van der Waals surface area contributed by atoms with Crippen molar-refractivity contribution in [3.63, 3.8) is 0 Å². The van der Waals surface area contributed by atoms with Crippen LogP contribution in [0.4, 0.5) is 0 Å². The summed E-state index contributed by atoms with van der Waals surface area (Å²) in [6.07, 6.45) is 6.47. The van der Waals surface area contributed by atoms with Crippen LogP contribution < -0.4 is 0 Å². The molecule has 1 aromatic carbocycles. The Balaban J connectivity index is 1.76. The Morgan fingerprint density at radius 3 is 2.75 bits per heavy atom. The van der Waals surface area contributed by atoms with Crippen LogP contribution in [0.5, 0.6) is 0 Å². The van der Waals surface area contributed by atoms with Crippen molar-refractivity contribution in [3.8, 4) is 0 Å². The molecule has 0 N–H and O–H groups in total. The van der Waals surface area contributed by atoms with Crippen LogP contribution in [0.3, 0.4) is 0 Å². The molecule has 0 bridgehead atoms. The number of benzene rings is 1. The van der Waals surface area contributed by atoms with E-state index in [1.165, 1.54) is 25.7 Å². The molecule has 2 nitrogen and oxygen atoms in total. The van der Waals surface area contributed by atoms with E-state index in [-0.39, 0.29) is 5.91 Å². The van der Waals surface area contributed by atoms with E-state index in [1.807, 2.05) is 17.0 Å². The van der Waals surface area contributed by atoms with Crippen molar-refractivity contribution in [2.45, 2.75) is 32.1 Å². The molecule has 0 radical (unpaired) electrons. The molecule has 20 heavy (non-hydrogen) atoms. The molecule has 1 aromatic rings. The van der Waals surface area contributed by atoms with Crippen LogP contribution in [0.1, 0.15) is 42.5 Å². The maximum atomic E-state index is 12.7. The molecule has 1 amide bonds. The minimum atomic E-state index is 0.0836. The lowest BCUT2D eigenvalue weighted by atomic mass is 9.75. The Morgan fingerprint density at radius 2 is 1.95 bits per heavy atom. The van der Waals surface area contributed by atoms with Gasteiger partial charge in [0.05, 0.1) is 10.6 Å². The zero-order valence-corrected chi connectivity index (χ0v) is 13.8. The number of carbonyl (C=O) groups is 1. The van der Waals surface area contributed by atoms with Gasteiger partial charge in [-0.3, -0.25) is 4.79 Å². The van der Waals surface area contributed by atoms with E-state index in [9.17, 15) is 4.79 Å². The molecule has 3 rings (SSSR count). The van der Waals surface area contributed by atoms with Crippen LogP contribution in [0.15, 0.2) is 22.7 Å². The van der Waals surface area contributed by atoms with Crippen LogP contribution in [0.25, 0.3) is 0 Å². The van der Waals surface area contributed by atoms with Crippen molar-refractivity contribution < 1.29 is 4.79 Å². The van der Waals surface area contributed by atoms with Gasteiger partial charge in [-0.2, -0.15) is 0 Å². The zero-order valence-electron chi connectivity index (χ0n) is 11.4. The molecule has 2 atom stereocenters. The summed E-state index contributed by atoms with van der Waals surface area (Å²) in [5.41, 5.74) is 0.621. The number of piperidine rings is 1. The predicted octanol–water partition coefficient (Wildman–Crippen LogP) is 4.75. The van der Waals surface area contributed by atoms with Crippen molar-refractivity contribution in [1.29, 1.82) is 0 Å². The Kier molecular flexibility index (Phi) is 4.37. The lowest BCUT2D eigenvalue weighted by molar-refractivity contribution is 0.0521. The minimum Gasteiger partial charge on any atom is -0.338 e. The maximum absolute atomic E-state index is 12.7. The van der Waals surface area contributed by atoms with Crippen LogP contribution in [0.2, 0.25) is 5.02 Å². The van der Waals surface area contributed by atoms with Gasteiger partial charge in [0.1, 0.15) is 0 Å². The van der Waals surface area contributed by atoms with Gasteiger partial charge in [0.25, 0.3) is 5.91 Å². The standard InChI is InChI=1S/C16H19BrClNO/c17-13-5-6-15(18)14(9-13)16(20)19-8-7-11-3-1-2-4-12(11)10-19/h5-6,9,11-12H,1-4,7-8,10H2/t11-,12-/m0/s1. The van der Waals surface area contributed by atoms with E-state index in [0.717, 1.165) is 29.9 Å². The van der Waals surface area contributed by atoms with Gasteiger partial charge >= 0.3 is 0 Å². The Hall–Kier alpha value is -0.540. The average molecular weight is 357 g/mol. The fourth-order valence-electron chi connectivity index (χ4n) is 3.62. The number of hydrogen-bond acceptors (Lipinski definition) is 1. The normalized spacial score (nSPS) is 26.2. The number of rotatable bonds is 1. The number of nitrogens with zero attached hydrogens (tertiary/aromatic N) is 1. The largest absolute Gasteiger partial charge is 0.338 e. The topological polar surface area (TPSA) is 20.3 Å². The third-order valence-electron chi connectivity index (χ3n) is 4.74. The van der Waals surface area contributed by atoms with Crippen molar-refractivity contribution >= 4 is 33.4 Å². The predicted molar refractivity (Wildman–Crippen MR) is 85.1 cm³/mol. The van der Waals surface area contributed by atoms with Crippen LogP contribution in [-0.2, 0) is 0 Å². The van der Waals surface area contributed by atoms with Gasteiger partial charge in [-0.1, -0.05) is 46.8 Å². The maximum Gasteiger partial charge on any atom is 0.255 e. The summed E-state index contributed by atoms with van der Waals surface area (Å²) in [5.74, 6) is 1.62. The minimum absolute atomic E-state index is 0.0836. The van der Waals surface area contributed by atoms with Crippen molar-refractivity contribution in [2.24, 2.45) is 11.8 Å². The molecule has 1 saturated heterocycles. The van der Waals surface area contributed by atoms with E-state index in [1.54, 1.807) is 6.07 Å². The highest BCUT2D eigenvalue weighted by molar-refractivity contribution is 9.10. The van der Waals surface area contributed by atoms with E-state index in [4.69, 9.17) is 11.6 Å². The van der Waals surface area contributed by atoms with Crippen LogP contribution in [-0.4, -0.2) is 23.9 Å². The second kappa shape index (κ2) is 6.07. The average Bonchev–Trinajstić information content (AvgIpc) is 2.48. The summed E-state index contributed by atoms with van der Waals surface area (Å²) < 4.78 is 0.901. The molecule has 2 fully saturated rings. The lowest BCUT2D eigenvalue weighted by Gasteiger charge is -2.41. The van der Waals surface area contributed by atoms with Crippen molar-refractivity contribution in [3.05, 3.63) is 33.3 Å². The third-order valence-corrected chi connectivity index (χ3v) is 5.56. The molecule has 1 aliphatic carbocycles. The van der Waals surface area contributed by atoms with E-state index in [2.05, 4.69) is 15.9 Å². The summed E-state index contributed by atoms with van der Waals surface area (Å²) in [7, 11) is 0. The fraction of sp³-hybridized carbons (Fsp3) is 0.562. The molecule has 1 heterocycles. The summed E-state index contributed by atoms with van der Waals surface area (Å²) >= 11 is 9.59. The summed E-state index contributed by atoms with van der Waals surface area (Å²) in [6.45, 7) is 1.79. The Labute approximate surface area is 133 Å². The monoisotopic (exact) mass is 355 g/mol. The van der Waals surface area contributed by atoms with Crippen molar-refractivity contribution in [2.75, 3.05) is 13.1 Å². The van der Waals surface area contributed by atoms with E-state index >= 15 is 0 Å². The Bertz CT molecular complexity index is 519. The first-order valence-corrected chi connectivity index (χ1v) is 8.56. The molecule has 0 aromatic heterocycles. The first-order valence-electron chi connectivity index (χ1n) is 7.39. The number of likely N-dealkylation sites (tertiary alicyclic amines) is 1. The van der Waals surface area contributed by atoms with Gasteiger partial charge in [-0.15, -0.1) is 0 Å². The highest BCUT2D eigenvalue weighted by atomic mass is 79.9. The highest BCUT2D eigenvalue weighted by Gasteiger charge is 2.33. The van der Waals surface area contributed by atoms with E-state index in [0.29, 0.717) is 16.5 Å². The second-order valence-corrected chi connectivity index (χ2v) is 7.29. The molecule has 0 unspecified atom stereocenters. The quantitative estimate of drug-likeness (QED) is 0.710. The molecule has 4 heteroatoms. The smallest absolute Gasteiger partial charge is 0.255 e. The number of halogens is 2. The number of fused-ring (bicyclic) bond motifs is 1. The fourth-order valence-corrected chi connectivity index (χ4v) is 4.18. The molecule has 1 saturated carbocycles. The van der Waals surface area contributed by atoms with Gasteiger partial charge in [-0.25, -0.2) is 0 Å². The Morgan fingerprint density at radius 1 is 1.20 bits per heavy atom. The first-order chi connectivity index (χ1) is 9.65. The van der Waals surface area contributed by atoms with Gasteiger partial charge in [0.2, 0.25) is 0 Å². The molecule has 1 aliphatic heterocycles. The summed E-state index contributed by atoms with van der Waals surface area (Å²) in [6, 6.07) is 5.48. The summed E-state index contributed by atoms with van der Waals surface area (Å²) in [5, 5.41) is 0.545. The number of carbonyl (C=O) groups excluding carboxylic acids is 1. The van der Waals surface area contributed by atoms with Gasteiger partial charge in [0, 0.05) is 17.6 Å². The number of hydrogen-bond donors (Lipinski definition) is 0. The molecular weight excluding hydrogens is 338 g/mol. The van der Waals surface area contributed by atoms with E-state index < -0.39 is 0 Å². The third kappa shape index (κ3) is 2.89. The number of amides is 1. The van der Waals surface area contributed by atoms with Gasteiger partial charge in [0.15, 0.2) is 0 Å². The first kappa shape index (κ1) is 14.4. The zero-order chi connectivity index (χ0) is 14.1. The van der Waals surface area contributed by atoms with Crippen LogP contribution >= 0.6 is 27.5 Å². The highest BCUT2D eigenvalue weighted by Crippen LogP contribution is 2.36. The SMILES string of the molecule is O=C(c1cc(Br)ccc1Cl)N1CC[C@@H]2CCCC[C@H]2C1. The molecule has 2 aliphatic rings. The molecular formula is C16H19BrClNO. The molecule has 108 valence electrons. The summed E-state index contributed by atoms with van der Waals surface area (Å²) in [4.78, 5) is 14.7. The second-order valence-electron chi connectivity index (χ2n) is 5.97. The lowest BCUT2D eigenvalue weighted by Crippen LogP contribution is -2.44.